The highest BCUT2D eigenvalue weighted by Gasteiger charge is 2.44. The van der Waals surface area contributed by atoms with Crippen LogP contribution < -0.4 is 11.1 Å². The third kappa shape index (κ3) is 5.04. The average Bonchev–Trinajstić information content (AvgIpc) is 2.64. The molecule has 8 nitrogen and oxygen atoms in total. The molecule has 0 spiro atoms. The topological polar surface area (TPSA) is 113 Å². The second-order valence-electron chi connectivity index (χ2n) is 6.29. The van der Waals surface area contributed by atoms with Gasteiger partial charge >= 0.3 is 17.8 Å². The summed E-state index contributed by atoms with van der Waals surface area (Å²) in [6.45, 7) is 8.86. The second kappa shape index (κ2) is 8.79. The lowest BCUT2D eigenvalue weighted by atomic mass is 9.91. The van der Waals surface area contributed by atoms with Gasteiger partial charge in [0.15, 0.2) is 0 Å². The second-order valence-corrected chi connectivity index (χ2v) is 6.29. The third-order valence-corrected chi connectivity index (χ3v) is 3.50. The van der Waals surface area contributed by atoms with Crippen LogP contribution in [0.1, 0.15) is 27.2 Å². The molecule has 136 valence electrons. The van der Waals surface area contributed by atoms with Gasteiger partial charge in [-0.2, -0.15) is 0 Å². The molecule has 1 aliphatic rings. The van der Waals surface area contributed by atoms with Gasteiger partial charge in [0.1, 0.15) is 6.54 Å². The Labute approximate surface area is 147 Å². The summed E-state index contributed by atoms with van der Waals surface area (Å²) < 4.78 is 0. The van der Waals surface area contributed by atoms with Crippen LogP contribution in [0, 0.1) is 5.92 Å². The molecule has 9 heteroatoms. The predicted molar refractivity (Wildman–Crippen MR) is 91.3 cm³/mol. The zero-order valence-electron chi connectivity index (χ0n) is 14.2. The van der Waals surface area contributed by atoms with Crippen LogP contribution in [0.4, 0.5) is 4.79 Å². The fraction of sp³-hybridized carbons (Fsp3) is 0.600. The van der Waals surface area contributed by atoms with Gasteiger partial charge in [0, 0.05) is 18.6 Å². The van der Waals surface area contributed by atoms with Crippen molar-refractivity contribution in [2.24, 2.45) is 11.7 Å². The van der Waals surface area contributed by atoms with Crippen LogP contribution in [0.25, 0.3) is 0 Å². The largest absolute Gasteiger partial charge is 0.348 e. The number of imide groups is 2. The fourth-order valence-electron chi connectivity index (χ4n) is 2.59. The number of halogens is 1. The Morgan fingerprint density at radius 1 is 1.29 bits per heavy atom. The van der Waals surface area contributed by atoms with Gasteiger partial charge in [0.2, 0.25) is 5.91 Å². The summed E-state index contributed by atoms with van der Waals surface area (Å²) in [4.78, 5) is 49.1. The van der Waals surface area contributed by atoms with Crippen molar-refractivity contribution in [1.82, 2.24) is 15.1 Å². The van der Waals surface area contributed by atoms with Gasteiger partial charge in [-0.15, -0.1) is 19.0 Å². The Bertz CT molecular complexity index is 538. The summed E-state index contributed by atoms with van der Waals surface area (Å²) in [7, 11) is 0. The van der Waals surface area contributed by atoms with E-state index in [0.29, 0.717) is 17.2 Å². The zero-order chi connectivity index (χ0) is 17.8. The number of nitrogens with two attached hydrogens (primary N) is 1. The first-order valence-corrected chi connectivity index (χ1v) is 7.44. The number of hydrogen-bond acceptors (Lipinski definition) is 5. The standard InChI is InChI=1S/C15H24N4O4.ClH/c1-5-6-18-12(21)13(22)19(14(18)23)8-11(20)17-15(4,9-16)7-10(2)3;/h5,10H,1,6-9,16H2,2-4H3,(H,17,20);1H. The molecule has 0 bridgehead atoms. The van der Waals surface area contributed by atoms with Crippen LogP contribution in [-0.2, 0) is 14.4 Å². The van der Waals surface area contributed by atoms with Crippen molar-refractivity contribution in [3.05, 3.63) is 12.7 Å². The number of rotatable bonds is 8. The van der Waals surface area contributed by atoms with Gasteiger partial charge < -0.3 is 11.1 Å². The van der Waals surface area contributed by atoms with E-state index in [4.69, 9.17) is 5.73 Å². The summed E-state index contributed by atoms with van der Waals surface area (Å²) in [5.41, 5.74) is 5.08. The average molecular weight is 361 g/mol. The minimum absolute atomic E-state index is 0. The molecule has 0 saturated carbocycles. The van der Waals surface area contributed by atoms with E-state index in [-0.39, 0.29) is 25.5 Å². The molecule has 0 aromatic rings. The van der Waals surface area contributed by atoms with Gasteiger partial charge in [-0.1, -0.05) is 19.9 Å². The van der Waals surface area contributed by atoms with E-state index in [0.717, 1.165) is 4.90 Å². The van der Waals surface area contributed by atoms with E-state index in [1.54, 1.807) is 6.92 Å². The predicted octanol–water partition coefficient (Wildman–Crippen LogP) is 0.265. The van der Waals surface area contributed by atoms with Crippen molar-refractivity contribution >= 4 is 36.2 Å². The lowest BCUT2D eigenvalue weighted by Crippen LogP contribution is -2.55. The Balaban J connectivity index is 0.00000529. The molecule has 1 aliphatic heterocycles. The van der Waals surface area contributed by atoms with Gasteiger partial charge in [-0.3, -0.25) is 19.3 Å². The highest BCUT2D eigenvalue weighted by molar-refractivity contribution is 6.45. The Morgan fingerprint density at radius 3 is 2.29 bits per heavy atom. The molecule has 1 unspecified atom stereocenters. The maximum Gasteiger partial charge on any atom is 0.335 e. The maximum absolute atomic E-state index is 12.2. The normalized spacial score (nSPS) is 17.0. The van der Waals surface area contributed by atoms with Gasteiger partial charge in [-0.25, -0.2) is 9.69 Å². The van der Waals surface area contributed by atoms with Crippen molar-refractivity contribution in [3.8, 4) is 0 Å². The lowest BCUT2D eigenvalue weighted by Gasteiger charge is -2.31. The number of nitrogens with zero attached hydrogens (tertiary/aromatic N) is 2. The van der Waals surface area contributed by atoms with Crippen LogP contribution in [0.15, 0.2) is 12.7 Å². The molecular formula is C15H25ClN4O4. The Kier molecular flexibility index (Phi) is 8.08. The summed E-state index contributed by atoms with van der Waals surface area (Å²) in [6.07, 6.45) is 1.99. The first-order valence-electron chi connectivity index (χ1n) is 7.44. The highest BCUT2D eigenvalue weighted by atomic mass is 35.5. The molecule has 5 amide bonds. The molecule has 3 N–H and O–H groups in total. The summed E-state index contributed by atoms with van der Waals surface area (Å²) in [5, 5.41) is 2.74. The molecule has 1 atom stereocenters. The van der Waals surface area contributed by atoms with Crippen molar-refractivity contribution in [3.63, 3.8) is 0 Å². The first kappa shape index (κ1) is 22.1. The molecule has 24 heavy (non-hydrogen) atoms. The van der Waals surface area contributed by atoms with Crippen LogP contribution in [-0.4, -0.2) is 58.7 Å². The summed E-state index contributed by atoms with van der Waals surface area (Å²) in [5.74, 6) is -2.19. The smallest absolute Gasteiger partial charge is 0.335 e. The monoisotopic (exact) mass is 360 g/mol. The van der Waals surface area contributed by atoms with Gasteiger partial charge in [-0.05, 0) is 19.3 Å². The van der Waals surface area contributed by atoms with E-state index in [1.807, 2.05) is 13.8 Å². The maximum atomic E-state index is 12.2. The molecular weight excluding hydrogens is 336 g/mol. The van der Waals surface area contributed by atoms with Crippen molar-refractivity contribution < 1.29 is 19.2 Å². The molecule has 1 saturated heterocycles. The van der Waals surface area contributed by atoms with Crippen LogP contribution in [0.5, 0.6) is 0 Å². The number of carbonyl (C=O) groups is 4. The van der Waals surface area contributed by atoms with Gasteiger partial charge in [0.25, 0.3) is 0 Å². The van der Waals surface area contributed by atoms with Gasteiger partial charge in [0.05, 0.1) is 0 Å². The SMILES string of the molecule is C=CCN1C(=O)C(=O)N(CC(=O)NC(C)(CN)CC(C)C)C1=O.Cl. The molecule has 0 aromatic carbocycles. The van der Waals surface area contributed by atoms with E-state index in [9.17, 15) is 19.2 Å². The molecule has 0 radical (unpaired) electrons. The quantitative estimate of drug-likeness (QED) is 0.366. The van der Waals surface area contributed by atoms with E-state index in [2.05, 4.69) is 11.9 Å². The highest BCUT2D eigenvalue weighted by Crippen LogP contribution is 2.16. The zero-order valence-corrected chi connectivity index (χ0v) is 15.0. The lowest BCUT2D eigenvalue weighted by molar-refractivity contribution is -0.143. The van der Waals surface area contributed by atoms with Crippen LogP contribution >= 0.6 is 12.4 Å². The molecule has 0 aliphatic carbocycles. The van der Waals surface area contributed by atoms with Crippen LogP contribution in [0.2, 0.25) is 0 Å². The minimum atomic E-state index is -1.01. The third-order valence-electron chi connectivity index (χ3n) is 3.50. The van der Waals surface area contributed by atoms with Crippen molar-refractivity contribution in [2.75, 3.05) is 19.6 Å². The minimum Gasteiger partial charge on any atom is -0.348 e. The Morgan fingerprint density at radius 2 is 1.83 bits per heavy atom. The fourth-order valence-corrected chi connectivity index (χ4v) is 2.59. The molecule has 1 heterocycles. The summed E-state index contributed by atoms with van der Waals surface area (Å²) >= 11 is 0. The first-order chi connectivity index (χ1) is 10.6. The Hall–Kier alpha value is -1.93. The number of nitrogens with one attached hydrogen (secondary N) is 1. The molecule has 1 fully saturated rings. The van der Waals surface area contributed by atoms with E-state index < -0.39 is 35.8 Å². The van der Waals surface area contributed by atoms with E-state index in [1.165, 1.54) is 6.08 Å². The molecule has 0 aromatic heterocycles. The van der Waals surface area contributed by atoms with Crippen molar-refractivity contribution in [1.29, 1.82) is 0 Å². The van der Waals surface area contributed by atoms with Crippen molar-refractivity contribution in [2.45, 2.75) is 32.7 Å². The van der Waals surface area contributed by atoms with E-state index >= 15 is 0 Å². The number of hydrogen-bond donors (Lipinski definition) is 2. The van der Waals surface area contributed by atoms with Crippen LogP contribution in [0.3, 0.4) is 0 Å². The summed E-state index contributed by atoms with van der Waals surface area (Å²) in [6, 6.07) is -0.812. The number of urea groups is 1. The molecule has 1 rings (SSSR count). The number of carbonyl (C=O) groups excluding carboxylic acids is 4. The number of amides is 5.